The quantitative estimate of drug-likeness (QED) is 0.587. The van der Waals surface area contributed by atoms with Gasteiger partial charge < -0.3 is 0 Å². The number of nitrogens with zero attached hydrogens (tertiary/aromatic N) is 1. The lowest BCUT2D eigenvalue weighted by atomic mass is 9.84. The molecule has 3 aromatic rings. The van der Waals surface area contributed by atoms with Gasteiger partial charge in [-0.15, -0.1) is 0 Å². The lowest BCUT2D eigenvalue weighted by Gasteiger charge is -2.26. The third-order valence-electron chi connectivity index (χ3n) is 4.71. The number of nitrogens with one attached hydrogen (secondary N) is 1. The predicted octanol–water partition coefficient (Wildman–Crippen LogP) is 4.21. The zero-order valence-electron chi connectivity index (χ0n) is 16.7. The molecule has 0 saturated carbocycles. The Bertz CT molecular complexity index is 959. The first-order valence-corrected chi connectivity index (χ1v) is 9.57. The summed E-state index contributed by atoms with van der Waals surface area (Å²) in [6, 6.07) is 18.9. The molecule has 1 amide bonds. The van der Waals surface area contributed by atoms with Crippen LogP contribution in [-0.2, 0) is 33.4 Å². The van der Waals surface area contributed by atoms with E-state index in [1.54, 1.807) is 24.5 Å². The Morgan fingerprint density at radius 3 is 2.41 bits per heavy atom. The van der Waals surface area contributed by atoms with Crippen molar-refractivity contribution in [3.05, 3.63) is 101 Å². The first-order chi connectivity index (χ1) is 13.9. The van der Waals surface area contributed by atoms with Crippen LogP contribution in [0.1, 0.15) is 34.2 Å². The molecule has 0 aliphatic heterocycles. The molecule has 1 atom stereocenters. The molecule has 1 N–H and O–H groups in total. The van der Waals surface area contributed by atoms with Crippen LogP contribution in [0, 0.1) is 13.8 Å². The molecule has 149 valence electrons. The first kappa shape index (κ1) is 20.7. The van der Waals surface area contributed by atoms with E-state index >= 15 is 0 Å². The van der Waals surface area contributed by atoms with Gasteiger partial charge in [-0.05, 0) is 36.6 Å². The van der Waals surface area contributed by atoms with Crippen LogP contribution in [0.4, 0.5) is 0 Å². The Morgan fingerprint density at radius 1 is 1.00 bits per heavy atom. The van der Waals surface area contributed by atoms with Gasteiger partial charge in [-0.3, -0.25) is 14.6 Å². The number of hydrogen-bond acceptors (Lipinski definition) is 3. The summed E-state index contributed by atoms with van der Waals surface area (Å²) in [4.78, 5) is 21.9. The minimum atomic E-state index is -1.62. The summed E-state index contributed by atoms with van der Waals surface area (Å²) in [6.45, 7) is 4.17. The smallest absolute Gasteiger partial charge is 0.246 e. The number of rotatable bonds is 8. The molecule has 3 rings (SSSR count). The summed E-state index contributed by atoms with van der Waals surface area (Å²) >= 11 is 0. The number of hydrogen-bond donors (Lipinski definition) is 1. The van der Waals surface area contributed by atoms with Gasteiger partial charge in [0.25, 0.3) is 0 Å². The highest BCUT2D eigenvalue weighted by atomic mass is 16.6. The van der Waals surface area contributed by atoms with E-state index in [-0.39, 0.29) is 19.4 Å². The van der Waals surface area contributed by atoms with Gasteiger partial charge in [-0.1, -0.05) is 65.7 Å². The number of aromatic nitrogens is 1. The van der Waals surface area contributed by atoms with Crippen molar-refractivity contribution in [2.45, 2.75) is 38.9 Å². The zero-order chi connectivity index (χ0) is 20.7. The summed E-state index contributed by atoms with van der Waals surface area (Å²) in [5.74, 6) is -0.446. The molecule has 1 aromatic heterocycles. The number of carbonyl (C=O) groups excluding carboxylic acids is 1. The second-order valence-electron chi connectivity index (χ2n) is 7.38. The fraction of sp³-hybridized carbons (Fsp3) is 0.250. The fourth-order valence-corrected chi connectivity index (χ4v) is 3.32. The Morgan fingerprint density at radius 2 is 1.72 bits per heavy atom. The standard InChI is InChI=1S/C24H25N2O3/c1-18-6-3-8-20(12-18)17-29-26-23(27)15-24(28,14-21-9-5-11-25-16-21)22-10-4-7-19(2)13-22/h3-13,16H,14-15,17H2,1-2H3,(H,26,27). The van der Waals surface area contributed by atoms with Crippen molar-refractivity contribution in [2.24, 2.45) is 0 Å². The van der Waals surface area contributed by atoms with Crippen LogP contribution in [0.2, 0.25) is 0 Å². The van der Waals surface area contributed by atoms with Crippen molar-refractivity contribution in [2.75, 3.05) is 0 Å². The van der Waals surface area contributed by atoms with E-state index in [0.29, 0.717) is 5.56 Å². The number of pyridine rings is 1. The maximum atomic E-state index is 13.8. The topological polar surface area (TPSA) is 71.1 Å². The summed E-state index contributed by atoms with van der Waals surface area (Å²) in [5.41, 5.74) is 5.22. The molecule has 0 fully saturated rings. The minimum absolute atomic E-state index is 0.162. The van der Waals surface area contributed by atoms with Gasteiger partial charge in [-0.2, -0.15) is 0 Å². The average Bonchev–Trinajstić information content (AvgIpc) is 2.69. The minimum Gasteiger partial charge on any atom is -0.273 e. The molecular weight excluding hydrogens is 364 g/mol. The maximum absolute atomic E-state index is 13.8. The Hall–Kier alpha value is -3.02. The van der Waals surface area contributed by atoms with Crippen LogP contribution in [0.3, 0.4) is 0 Å². The predicted molar refractivity (Wildman–Crippen MR) is 110 cm³/mol. The SMILES string of the molecule is Cc1cccc(CONC(=O)CC([O])(Cc2cccnc2)c2cccc(C)c2)c1. The molecule has 0 aliphatic rings. The highest BCUT2D eigenvalue weighted by molar-refractivity contribution is 5.76. The Balaban J connectivity index is 1.69. The average molecular weight is 389 g/mol. The number of carbonyl (C=O) groups is 1. The van der Waals surface area contributed by atoms with E-state index in [4.69, 9.17) is 4.84 Å². The van der Waals surface area contributed by atoms with E-state index in [1.165, 1.54) is 0 Å². The monoisotopic (exact) mass is 389 g/mol. The van der Waals surface area contributed by atoms with E-state index < -0.39 is 11.5 Å². The molecule has 0 aliphatic carbocycles. The van der Waals surface area contributed by atoms with Crippen molar-refractivity contribution in [1.82, 2.24) is 10.5 Å². The van der Waals surface area contributed by atoms with E-state index in [1.807, 2.05) is 62.4 Å². The second kappa shape index (κ2) is 9.45. The van der Waals surface area contributed by atoms with Crippen molar-refractivity contribution in [3.8, 4) is 0 Å². The number of hydroxylamine groups is 1. The van der Waals surface area contributed by atoms with Crippen LogP contribution < -0.4 is 5.48 Å². The van der Waals surface area contributed by atoms with Crippen LogP contribution in [-0.4, -0.2) is 10.9 Å². The molecule has 5 heteroatoms. The third-order valence-corrected chi connectivity index (χ3v) is 4.71. The highest BCUT2D eigenvalue weighted by Crippen LogP contribution is 2.30. The first-order valence-electron chi connectivity index (χ1n) is 9.57. The van der Waals surface area contributed by atoms with Crippen molar-refractivity contribution < 1.29 is 14.7 Å². The largest absolute Gasteiger partial charge is 0.273 e. The van der Waals surface area contributed by atoms with E-state index in [2.05, 4.69) is 10.5 Å². The maximum Gasteiger partial charge on any atom is 0.246 e. The van der Waals surface area contributed by atoms with E-state index in [9.17, 15) is 9.90 Å². The van der Waals surface area contributed by atoms with Crippen molar-refractivity contribution in [3.63, 3.8) is 0 Å². The summed E-state index contributed by atoms with van der Waals surface area (Å²) in [6.07, 6.45) is 3.25. The molecule has 1 heterocycles. The van der Waals surface area contributed by atoms with Gasteiger partial charge in [0.15, 0.2) is 0 Å². The third kappa shape index (κ3) is 5.98. The molecule has 29 heavy (non-hydrogen) atoms. The van der Waals surface area contributed by atoms with Crippen LogP contribution in [0.15, 0.2) is 73.1 Å². The van der Waals surface area contributed by atoms with Crippen molar-refractivity contribution in [1.29, 1.82) is 0 Å². The molecule has 0 saturated heterocycles. The fourth-order valence-electron chi connectivity index (χ4n) is 3.32. The van der Waals surface area contributed by atoms with Crippen LogP contribution >= 0.6 is 0 Å². The van der Waals surface area contributed by atoms with Crippen LogP contribution in [0.25, 0.3) is 0 Å². The van der Waals surface area contributed by atoms with Crippen LogP contribution in [0.5, 0.6) is 0 Å². The molecule has 1 radical (unpaired) electrons. The van der Waals surface area contributed by atoms with Gasteiger partial charge in [-0.25, -0.2) is 10.6 Å². The number of aryl methyl sites for hydroxylation is 2. The normalized spacial score (nSPS) is 12.9. The number of amides is 1. The van der Waals surface area contributed by atoms with Gasteiger partial charge in [0.1, 0.15) is 5.60 Å². The zero-order valence-corrected chi connectivity index (χ0v) is 16.7. The highest BCUT2D eigenvalue weighted by Gasteiger charge is 2.35. The van der Waals surface area contributed by atoms with Gasteiger partial charge >= 0.3 is 0 Å². The second-order valence-corrected chi connectivity index (χ2v) is 7.38. The molecule has 2 aromatic carbocycles. The van der Waals surface area contributed by atoms with E-state index in [0.717, 1.165) is 22.3 Å². The Labute approximate surface area is 171 Å². The molecule has 0 bridgehead atoms. The van der Waals surface area contributed by atoms with Crippen molar-refractivity contribution >= 4 is 5.91 Å². The lowest BCUT2D eigenvalue weighted by molar-refractivity contribution is -0.143. The molecule has 5 nitrogen and oxygen atoms in total. The Kier molecular flexibility index (Phi) is 6.75. The molecule has 0 spiro atoms. The summed E-state index contributed by atoms with van der Waals surface area (Å²) in [7, 11) is 0. The molecule has 1 unspecified atom stereocenters. The van der Waals surface area contributed by atoms with Gasteiger partial charge in [0, 0.05) is 18.8 Å². The van der Waals surface area contributed by atoms with Gasteiger partial charge in [0.2, 0.25) is 5.91 Å². The summed E-state index contributed by atoms with van der Waals surface area (Å²) < 4.78 is 0. The lowest BCUT2D eigenvalue weighted by Crippen LogP contribution is -2.35. The summed E-state index contributed by atoms with van der Waals surface area (Å²) in [5, 5.41) is 13.8. The number of benzene rings is 2. The molecular formula is C24H25N2O3. The van der Waals surface area contributed by atoms with Gasteiger partial charge in [0.05, 0.1) is 13.0 Å².